The molecule has 1 N–H and O–H groups in total. The maximum absolute atomic E-state index is 3.84. The molecule has 17 heavy (non-hydrogen) atoms. The van der Waals surface area contributed by atoms with Crippen LogP contribution in [0.4, 0.5) is 0 Å². The van der Waals surface area contributed by atoms with Gasteiger partial charge in [0.1, 0.15) is 0 Å². The van der Waals surface area contributed by atoms with E-state index in [0.717, 1.165) is 25.0 Å². The second-order valence-electron chi connectivity index (χ2n) is 6.84. The topological polar surface area (TPSA) is 15.3 Å². The van der Waals surface area contributed by atoms with Crippen molar-refractivity contribution >= 4 is 0 Å². The van der Waals surface area contributed by atoms with Gasteiger partial charge >= 0.3 is 0 Å². The molecule has 2 heteroatoms. The molecule has 2 nitrogen and oxygen atoms in total. The van der Waals surface area contributed by atoms with E-state index in [1.165, 1.54) is 32.1 Å². The Labute approximate surface area is 108 Å². The Balaban J connectivity index is 2.37. The molecule has 2 unspecified atom stereocenters. The first kappa shape index (κ1) is 15.0. The molecule has 0 radical (unpaired) electrons. The zero-order valence-electron chi connectivity index (χ0n) is 12.6. The number of hydrogen-bond acceptors (Lipinski definition) is 2. The molecule has 0 aliphatic heterocycles. The van der Waals surface area contributed by atoms with E-state index in [0.29, 0.717) is 5.41 Å². The summed E-state index contributed by atoms with van der Waals surface area (Å²) in [5, 5.41) is 3.84. The molecule has 0 amide bonds. The van der Waals surface area contributed by atoms with Gasteiger partial charge in [-0.3, -0.25) is 0 Å². The molecule has 0 aromatic carbocycles. The Morgan fingerprint density at radius 1 is 1.18 bits per heavy atom. The summed E-state index contributed by atoms with van der Waals surface area (Å²) in [5.41, 5.74) is 0.374. The quantitative estimate of drug-likeness (QED) is 0.767. The Bertz CT molecular complexity index is 211. The lowest BCUT2D eigenvalue weighted by atomic mass is 9.82. The summed E-state index contributed by atoms with van der Waals surface area (Å²) in [6.07, 6.45) is 7.02. The minimum atomic E-state index is 0.374. The molecule has 1 aliphatic rings. The summed E-state index contributed by atoms with van der Waals surface area (Å²) in [4.78, 5) is 2.29. The SMILES string of the molecule is CCC1CCCCC1NCC(C)(C)CN(C)C. The highest BCUT2D eigenvalue weighted by Crippen LogP contribution is 2.27. The Morgan fingerprint density at radius 3 is 2.41 bits per heavy atom. The van der Waals surface area contributed by atoms with Crippen LogP contribution < -0.4 is 5.32 Å². The average Bonchev–Trinajstić information content (AvgIpc) is 2.25. The van der Waals surface area contributed by atoms with E-state index in [4.69, 9.17) is 0 Å². The van der Waals surface area contributed by atoms with Gasteiger partial charge in [0, 0.05) is 19.1 Å². The number of nitrogens with one attached hydrogen (secondary N) is 1. The first-order chi connectivity index (χ1) is 7.94. The summed E-state index contributed by atoms with van der Waals surface area (Å²) in [5.74, 6) is 0.916. The first-order valence-corrected chi connectivity index (χ1v) is 7.33. The van der Waals surface area contributed by atoms with Crippen LogP contribution in [0.3, 0.4) is 0 Å². The summed E-state index contributed by atoms with van der Waals surface area (Å²) >= 11 is 0. The van der Waals surface area contributed by atoms with Crippen LogP contribution in [-0.4, -0.2) is 38.1 Å². The number of nitrogens with zero attached hydrogens (tertiary/aromatic N) is 1. The van der Waals surface area contributed by atoms with Gasteiger partial charge in [-0.25, -0.2) is 0 Å². The molecular formula is C15H32N2. The van der Waals surface area contributed by atoms with Crippen molar-refractivity contribution in [1.82, 2.24) is 10.2 Å². The van der Waals surface area contributed by atoms with Crippen molar-refractivity contribution in [2.45, 2.75) is 58.9 Å². The third-order valence-electron chi connectivity index (χ3n) is 4.02. The lowest BCUT2D eigenvalue weighted by molar-refractivity contribution is 0.192. The molecule has 2 atom stereocenters. The Morgan fingerprint density at radius 2 is 1.82 bits per heavy atom. The van der Waals surface area contributed by atoms with E-state index in [1.807, 2.05) is 0 Å². The predicted molar refractivity (Wildman–Crippen MR) is 76.4 cm³/mol. The van der Waals surface area contributed by atoms with Gasteiger partial charge < -0.3 is 10.2 Å². The minimum Gasteiger partial charge on any atom is -0.313 e. The predicted octanol–water partition coefficient (Wildman–Crippen LogP) is 3.13. The summed E-state index contributed by atoms with van der Waals surface area (Å²) in [7, 11) is 4.33. The average molecular weight is 240 g/mol. The van der Waals surface area contributed by atoms with Gasteiger partial charge in [0.15, 0.2) is 0 Å². The Kier molecular flexibility index (Phi) is 5.94. The molecule has 0 heterocycles. The summed E-state index contributed by atoms with van der Waals surface area (Å²) in [6.45, 7) is 9.37. The van der Waals surface area contributed by atoms with Gasteiger partial charge in [-0.15, -0.1) is 0 Å². The fourth-order valence-corrected chi connectivity index (χ4v) is 3.28. The molecule has 1 fully saturated rings. The standard InChI is InChI=1S/C15H32N2/c1-6-13-9-7-8-10-14(13)16-11-15(2,3)12-17(4)5/h13-14,16H,6-12H2,1-5H3. The summed E-state index contributed by atoms with van der Waals surface area (Å²) < 4.78 is 0. The van der Waals surface area contributed by atoms with Gasteiger partial charge in [-0.05, 0) is 38.3 Å². The monoisotopic (exact) mass is 240 g/mol. The van der Waals surface area contributed by atoms with E-state index in [1.54, 1.807) is 0 Å². The lowest BCUT2D eigenvalue weighted by Crippen LogP contribution is -2.45. The number of rotatable bonds is 6. The Hall–Kier alpha value is -0.0800. The molecule has 1 rings (SSSR count). The molecular weight excluding hydrogens is 208 g/mol. The van der Waals surface area contributed by atoms with Crippen LogP contribution in [0.15, 0.2) is 0 Å². The van der Waals surface area contributed by atoms with E-state index in [9.17, 15) is 0 Å². The van der Waals surface area contributed by atoms with Crippen LogP contribution in [0.5, 0.6) is 0 Å². The maximum Gasteiger partial charge on any atom is 0.00954 e. The molecule has 0 aromatic rings. The van der Waals surface area contributed by atoms with Gasteiger partial charge in [0.2, 0.25) is 0 Å². The number of hydrogen-bond donors (Lipinski definition) is 1. The molecule has 0 aromatic heterocycles. The minimum absolute atomic E-state index is 0.374. The van der Waals surface area contributed by atoms with E-state index in [-0.39, 0.29) is 0 Å². The van der Waals surface area contributed by atoms with Gasteiger partial charge in [-0.1, -0.05) is 40.0 Å². The highest BCUT2D eigenvalue weighted by Gasteiger charge is 2.26. The van der Waals surface area contributed by atoms with Crippen molar-refractivity contribution in [3.8, 4) is 0 Å². The lowest BCUT2D eigenvalue weighted by Gasteiger charge is -2.36. The van der Waals surface area contributed by atoms with Crippen LogP contribution >= 0.6 is 0 Å². The van der Waals surface area contributed by atoms with Crippen molar-refractivity contribution in [1.29, 1.82) is 0 Å². The highest BCUT2D eigenvalue weighted by molar-refractivity contribution is 4.83. The molecule has 1 saturated carbocycles. The smallest absolute Gasteiger partial charge is 0.00954 e. The largest absolute Gasteiger partial charge is 0.313 e. The van der Waals surface area contributed by atoms with Crippen molar-refractivity contribution < 1.29 is 0 Å². The van der Waals surface area contributed by atoms with E-state index >= 15 is 0 Å². The van der Waals surface area contributed by atoms with Crippen LogP contribution in [0.1, 0.15) is 52.9 Å². The molecule has 0 saturated heterocycles. The van der Waals surface area contributed by atoms with E-state index < -0.39 is 0 Å². The van der Waals surface area contributed by atoms with Crippen molar-refractivity contribution in [3.05, 3.63) is 0 Å². The maximum atomic E-state index is 3.84. The van der Waals surface area contributed by atoms with Gasteiger partial charge in [-0.2, -0.15) is 0 Å². The normalized spacial score (nSPS) is 26.5. The van der Waals surface area contributed by atoms with Crippen molar-refractivity contribution in [3.63, 3.8) is 0 Å². The van der Waals surface area contributed by atoms with Crippen LogP contribution in [0.25, 0.3) is 0 Å². The zero-order chi connectivity index (χ0) is 12.9. The van der Waals surface area contributed by atoms with Gasteiger partial charge in [0.05, 0.1) is 0 Å². The molecule has 0 spiro atoms. The van der Waals surface area contributed by atoms with Crippen LogP contribution in [0, 0.1) is 11.3 Å². The van der Waals surface area contributed by atoms with Crippen molar-refractivity contribution in [2.24, 2.45) is 11.3 Å². The second-order valence-corrected chi connectivity index (χ2v) is 6.84. The second kappa shape index (κ2) is 6.75. The summed E-state index contributed by atoms with van der Waals surface area (Å²) in [6, 6.07) is 0.773. The highest BCUT2D eigenvalue weighted by atomic mass is 15.1. The fourth-order valence-electron chi connectivity index (χ4n) is 3.28. The van der Waals surface area contributed by atoms with Crippen LogP contribution in [0.2, 0.25) is 0 Å². The van der Waals surface area contributed by atoms with Crippen molar-refractivity contribution in [2.75, 3.05) is 27.2 Å². The fraction of sp³-hybridized carbons (Fsp3) is 1.00. The molecule has 102 valence electrons. The molecule has 0 bridgehead atoms. The third kappa shape index (κ3) is 5.39. The zero-order valence-corrected chi connectivity index (χ0v) is 12.6. The first-order valence-electron chi connectivity index (χ1n) is 7.33. The third-order valence-corrected chi connectivity index (χ3v) is 4.02. The molecule has 1 aliphatic carbocycles. The van der Waals surface area contributed by atoms with E-state index in [2.05, 4.69) is 45.1 Å². The van der Waals surface area contributed by atoms with Crippen LogP contribution in [-0.2, 0) is 0 Å². The van der Waals surface area contributed by atoms with Gasteiger partial charge in [0.25, 0.3) is 0 Å².